The molecule has 0 atom stereocenters. The summed E-state index contributed by atoms with van der Waals surface area (Å²) in [6, 6.07) is 29.8. The van der Waals surface area contributed by atoms with E-state index in [0.29, 0.717) is 17.3 Å². The summed E-state index contributed by atoms with van der Waals surface area (Å²) >= 11 is 0.974. The highest BCUT2D eigenvalue weighted by molar-refractivity contribution is 8.18. The number of imide groups is 1. The van der Waals surface area contributed by atoms with Gasteiger partial charge in [-0.2, -0.15) is 0 Å². The smallest absolute Gasteiger partial charge is 0.293 e. The predicted molar refractivity (Wildman–Crippen MR) is 137 cm³/mol. The molecule has 168 valence electrons. The number of carbonyl (C=O) groups is 2. The van der Waals surface area contributed by atoms with Gasteiger partial charge in [-0.05, 0) is 64.4 Å². The van der Waals surface area contributed by atoms with Gasteiger partial charge >= 0.3 is 0 Å². The van der Waals surface area contributed by atoms with Crippen molar-refractivity contribution < 1.29 is 14.3 Å². The Hall–Kier alpha value is -3.83. The van der Waals surface area contributed by atoms with E-state index in [9.17, 15) is 9.59 Å². The second kappa shape index (κ2) is 9.57. The molecular weight excluding hydrogens is 442 g/mol. The topological polar surface area (TPSA) is 46.6 Å². The Morgan fingerprint density at radius 3 is 2.50 bits per heavy atom. The van der Waals surface area contributed by atoms with Gasteiger partial charge in [-0.15, -0.1) is 0 Å². The summed E-state index contributed by atoms with van der Waals surface area (Å²) in [6.45, 7) is 2.72. The molecule has 0 aliphatic carbocycles. The third kappa shape index (κ3) is 4.75. The molecule has 0 N–H and O–H groups in total. The van der Waals surface area contributed by atoms with E-state index in [1.807, 2.05) is 73.7 Å². The number of hydrogen-bond donors (Lipinski definition) is 0. The second-order valence-corrected chi connectivity index (χ2v) is 9.25. The van der Waals surface area contributed by atoms with Crippen LogP contribution in [0.1, 0.15) is 22.3 Å². The Morgan fingerprint density at radius 2 is 1.65 bits per heavy atom. The van der Waals surface area contributed by atoms with Crippen molar-refractivity contribution in [2.45, 2.75) is 20.1 Å². The second-order valence-electron chi connectivity index (χ2n) is 8.25. The number of fused-ring (bicyclic) bond motifs is 1. The standard InChI is InChI=1S/C29H23NO3S/c1-20-12-14-21(15-13-20)18-30-28(31)27(34-29(30)32)17-22-6-4-10-25(16-22)33-19-24-9-5-8-23-7-2-3-11-26(23)24/h2-17H,18-19H2,1H3/b27-17+. The summed E-state index contributed by atoms with van der Waals surface area (Å²) in [7, 11) is 0. The van der Waals surface area contributed by atoms with Crippen molar-refractivity contribution in [3.05, 3.63) is 118 Å². The summed E-state index contributed by atoms with van der Waals surface area (Å²) in [6.07, 6.45) is 1.75. The van der Waals surface area contributed by atoms with Crippen molar-refractivity contribution in [3.63, 3.8) is 0 Å². The Morgan fingerprint density at radius 1 is 0.882 bits per heavy atom. The molecule has 0 radical (unpaired) electrons. The molecule has 5 heteroatoms. The molecular formula is C29H23NO3S. The highest BCUT2D eigenvalue weighted by atomic mass is 32.2. The molecule has 34 heavy (non-hydrogen) atoms. The van der Waals surface area contributed by atoms with Crippen LogP contribution in [0.15, 0.2) is 95.9 Å². The first-order chi connectivity index (χ1) is 16.6. The zero-order valence-corrected chi connectivity index (χ0v) is 19.5. The third-order valence-electron chi connectivity index (χ3n) is 5.77. The lowest BCUT2D eigenvalue weighted by molar-refractivity contribution is -0.123. The summed E-state index contributed by atoms with van der Waals surface area (Å²) in [5, 5.41) is 2.10. The van der Waals surface area contributed by atoms with Gasteiger partial charge in [0.1, 0.15) is 12.4 Å². The van der Waals surface area contributed by atoms with Crippen LogP contribution in [-0.2, 0) is 17.9 Å². The Bertz CT molecular complexity index is 1400. The lowest BCUT2D eigenvalue weighted by atomic mass is 10.1. The lowest BCUT2D eigenvalue weighted by Crippen LogP contribution is -2.27. The van der Waals surface area contributed by atoms with Crippen LogP contribution in [0.3, 0.4) is 0 Å². The summed E-state index contributed by atoms with van der Waals surface area (Å²) < 4.78 is 6.06. The number of carbonyl (C=O) groups excluding carboxylic acids is 2. The molecule has 0 unspecified atom stereocenters. The van der Waals surface area contributed by atoms with E-state index in [-0.39, 0.29) is 17.7 Å². The van der Waals surface area contributed by atoms with Gasteiger partial charge in [-0.25, -0.2) is 0 Å². The van der Waals surface area contributed by atoms with Gasteiger partial charge < -0.3 is 4.74 Å². The fourth-order valence-corrected chi connectivity index (χ4v) is 4.78. The highest BCUT2D eigenvalue weighted by Crippen LogP contribution is 2.34. The van der Waals surface area contributed by atoms with E-state index < -0.39 is 0 Å². The number of amides is 2. The SMILES string of the molecule is Cc1ccc(CN2C(=O)S/C(=C/c3cccc(OCc4cccc5ccccc45)c3)C2=O)cc1. The van der Waals surface area contributed by atoms with Gasteiger partial charge in [0.15, 0.2) is 0 Å². The number of hydrogen-bond acceptors (Lipinski definition) is 4. The van der Waals surface area contributed by atoms with E-state index in [1.54, 1.807) is 6.08 Å². The predicted octanol–water partition coefficient (Wildman–Crippen LogP) is 6.96. The first-order valence-corrected chi connectivity index (χ1v) is 11.9. The molecule has 5 rings (SSSR count). The van der Waals surface area contributed by atoms with Crippen LogP contribution < -0.4 is 4.74 Å². The maximum Gasteiger partial charge on any atom is 0.293 e. The van der Waals surface area contributed by atoms with Gasteiger partial charge in [-0.1, -0.05) is 84.4 Å². The van der Waals surface area contributed by atoms with E-state index in [2.05, 4.69) is 24.3 Å². The third-order valence-corrected chi connectivity index (χ3v) is 6.67. The summed E-state index contributed by atoms with van der Waals surface area (Å²) in [5.74, 6) is 0.443. The molecule has 0 saturated carbocycles. The minimum Gasteiger partial charge on any atom is -0.489 e. The lowest BCUT2D eigenvalue weighted by Gasteiger charge is -2.12. The summed E-state index contributed by atoms with van der Waals surface area (Å²) in [4.78, 5) is 27.1. The van der Waals surface area contributed by atoms with Crippen molar-refractivity contribution >= 4 is 39.8 Å². The molecule has 4 aromatic rings. The molecule has 1 fully saturated rings. The fourth-order valence-electron chi connectivity index (χ4n) is 3.94. The normalized spacial score (nSPS) is 14.9. The van der Waals surface area contributed by atoms with Gasteiger partial charge in [0.25, 0.3) is 11.1 Å². The molecule has 1 aliphatic heterocycles. The molecule has 2 amide bonds. The zero-order valence-electron chi connectivity index (χ0n) is 18.7. The van der Waals surface area contributed by atoms with E-state index in [4.69, 9.17) is 4.74 Å². The minimum absolute atomic E-state index is 0.250. The van der Waals surface area contributed by atoms with E-state index in [1.165, 1.54) is 15.7 Å². The van der Waals surface area contributed by atoms with Crippen molar-refractivity contribution in [2.75, 3.05) is 0 Å². The highest BCUT2D eigenvalue weighted by Gasteiger charge is 2.34. The first kappa shape index (κ1) is 22.0. The van der Waals surface area contributed by atoms with Crippen molar-refractivity contribution in [1.29, 1.82) is 0 Å². The van der Waals surface area contributed by atoms with Gasteiger partial charge in [-0.3, -0.25) is 14.5 Å². The van der Waals surface area contributed by atoms with Crippen LogP contribution in [0.5, 0.6) is 5.75 Å². The van der Waals surface area contributed by atoms with Crippen molar-refractivity contribution in [2.24, 2.45) is 0 Å². The molecule has 1 heterocycles. The minimum atomic E-state index is -0.266. The van der Waals surface area contributed by atoms with E-state index in [0.717, 1.165) is 34.0 Å². The maximum atomic E-state index is 12.9. The van der Waals surface area contributed by atoms with Gasteiger partial charge in [0.2, 0.25) is 0 Å². The largest absolute Gasteiger partial charge is 0.489 e. The first-order valence-electron chi connectivity index (χ1n) is 11.1. The molecule has 0 aromatic heterocycles. The Balaban J connectivity index is 1.30. The number of thioether (sulfide) groups is 1. The van der Waals surface area contributed by atoms with Crippen molar-refractivity contribution in [1.82, 2.24) is 4.90 Å². The zero-order chi connectivity index (χ0) is 23.5. The van der Waals surface area contributed by atoms with Crippen LogP contribution in [-0.4, -0.2) is 16.0 Å². The number of benzene rings is 4. The van der Waals surface area contributed by atoms with E-state index >= 15 is 0 Å². The number of aryl methyl sites for hydroxylation is 1. The Kier molecular flexibility index (Phi) is 6.19. The van der Waals surface area contributed by atoms with Crippen LogP contribution >= 0.6 is 11.8 Å². The molecule has 4 nitrogen and oxygen atoms in total. The molecule has 1 saturated heterocycles. The monoisotopic (exact) mass is 465 g/mol. The van der Waals surface area contributed by atoms with Crippen molar-refractivity contribution in [3.8, 4) is 5.75 Å². The fraction of sp³-hybridized carbons (Fsp3) is 0.103. The van der Waals surface area contributed by atoms with Gasteiger partial charge in [0.05, 0.1) is 11.4 Å². The number of nitrogens with zero attached hydrogens (tertiary/aromatic N) is 1. The molecule has 4 aromatic carbocycles. The molecule has 0 spiro atoms. The quantitative estimate of drug-likeness (QED) is 0.289. The summed E-state index contributed by atoms with van der Waals surface area (Å²) in [5.41, 5.74) is 4.00. The van der Waals surface area contributed by atoms with Crippen LogP contribution in [0, 0.1) is 6.92 Å². The average Bonchev–Trinajstić information content (AvgIpc) is 3.11. The number of rotatable bonds is 6. The van der Waals surface area contributed by atoms with Crippen LogP contribution in [0.25, 0.3) is 16.8 Å². The molecule has 0 bridgehead atoms. The number of ether oxygens (including phenoxy) is 1. The van der Waals surface area contributed by atoms with Crippen LogP contribution in [0.4, 0.5) is 4.79 Å². The molecule has 1 aliphatic rings. The maximum absolute atomic E-state index is 12.9. The average molecular weight is 466 g/mol. The van der Waals surface area contributed by atoms with Gasteiger partial charge in [0, 0.05) is 0 Å². The van der Waals surface area contributed by atoms with Crippen LogP contribution in [0.2, 0.25) is 0 Å². The Labute approximate surface area is 202 Å².